The highest BCUT2D eigenvalue weighted by molar-refractivity contribution is 5.28. The van der Waals surface area contributed by atoms with Gasteiger partial charge < -0.3 is 10.5 Å². The summed E-state index contributed by atoms with van der Waals surface area (Å²) < 4.78 is 5.68. The number of ether oxygens (including phenoxy) is 1. The molecule has 1 aromatic carbocycles. The summed E-state index contributed by atoms with van der Waals surface area (Å²) in [5.74, 6) is 0.925. The zero-order valence-corrected chi connectivity index (χ0v) is 10.8. The lowest BCUT2D eigenvalue weighted by atomic mass is 9.93. The van der Waals surface area contributed by atoms with Crippen LogP contribution >= 0.6 is 0 Å². The minimum atomic E-state index is 0.0867. The maximum atomic E-state index is 5.78. The van der Waals surface area contributed by atoms with Crippen LogP contribution in [-0.4, -0.2) is 6.61 Å². The monoisotopic (exact) mass is 221 g/mol. The van der Waals surface area contributed by atoms with E-state index in [1.165, 1.54) is 0 Å². The third kappa shape index (κ3) is 4.67. The van der Waals surface area contributed by atoms with Gasteiger partial charge >= 0.3 is 0 Å². The smallest absolute Gasteiger partial charge is 0.119 e. The van der Waals surface area contributed by atoms with Gasteiger partial charge in [-0.3, -0.25) is 0 Å². The van der Waals surface area contributed by atoms with E-state index in [0.29, 0.717) is 5.41 Å². The zero-order chi connectivity index (χ0) is 12.2. The van der Waals surface area contributed by atoms with Crippen LogP contribution in [0.2, 0.25) is 0 Å². The van der Waals surface area contributed by atoms with Gasteiger partial charge in [-0.05, 0) is 36.5 Å². The van der Waals surface area contributed by atoms with Gasteiger partial charge in [-0.25, -0.2) is 0 Å². The van der Waals surface area contributed by atoms with E-state index in [2.05, 4.69) is 20.8 Å². The van der Waals surface area contributed by atoms with Gasteiger partial charge in [0.25, 0.3) is 0 Å². The average molecular weight is 221 g/mol. The van der Waals surface area contributed by atoms with Gasteiger partial charge in [-0.1, -0.05) is 32.9 Å². The maximum absolute atomic E-state index is 5.78. The first kappa shape index (κ1) is 13.0. The van der Waals surface area contributed by atoms with Crippen LogP contribution < -0.4 is 10.5 Å². The van der Waals surface area contributed by atoms with Crippen molar-refractivity contribution in [2.24, 2.45) is 11.1 Å². The Labute approximate surface area is 98.8 Å². The highest BCUT2D eigenvalue weighted by Crippen LogP contribution is 2.20. The fraction of sp³-hybridized carbons (Fsp3) is 0.571. The van der Waals surface area contributed by atoms with Crippen LogP contribution in [0.15, 0.2) is 24.3 Å². The quantitative estimate of drug-likeness (QED) is 0.844. The molecule has 90 valence electrons. The largest absolute Gasteiger partial charge is 0.494 e. The molecule has 0 aliphatic heterocycles. The van der Waals surface area contributed by atoms with Crippen molar-refractivity contribution in [1.82, 2.24) is 0 Å². The molecule has 0 aromatic heterocycles. The van der Waals surface area contributed by atoms with Crippen LogP contribution in [0, 0.1) is 5.41 Å². The second kappa shape index (κ2) is 5.35. The summed E-state index contributed by atoms with van der Waals surface area (Å²) in [5, 5.41) is 0. The summed E-state index contributed by atoms with van der Waals surface area (Å²) in [4.78, 5) is 0. The van der Waals surface area contributed by atoms with E-state index >= 15 is 0 Å². The van der Waals surface area contributed by atoms with Crippen molar-refractivity contribution < 1.29 is 4.74 Å². The van der Waals surface area contributed by atoms with E-state index in [0.717, 1.165) is 24.3 Å². The molecule has 0 saturated carbocycles. The Morgan fingerprint density at radius 3 is 2.19 bits per heavy atom. The first-order chi connectivity index (χ1) is 7.38. The molecular weight excluding hydrogens is 198 g/mol. The van der Waals surface area contributed by atoms with Crippen molar-refractivity contribution in [3.8, 4) is 5.75 Å². The Balaban J connectivity index is 2.44. The predicted molar refractivity (Wildman–Crippen MR) is 68.6 cm³/mol. The molecule has 1 atom stereocenters. The van der Waals surface area contributed by atoms with E-state index in [1.807, 2.05) is 31.2 Å². The van der Waals surface area contributed by atoms with Crippen molar-refractivity contribution in [3.63, 3.8) is 0 Å². The Hall–Kier alpha value is -1.02. The molecule has 0 heterocycles. The summed E-state index contributed by atoms with van der Waals surface area (Å²) in [7, 11) is 0. The summed E-state index contributed by atoms with van der Waals surface area (Å²) >= 11 is 0. The van der Waals surface area contributed by atoms with E-state index in [9.17, 15) is 0 Å². The molecule has 1 rings (SSSR count). The third-order valence-electron chi connectivity index (χ3n) is 2.53. The number of benzene rings is 1. The van der Waals surface area contributed by atoms with Crippen LogP contribution in [0.5, 0.6) is 5.75 Å². The first-order valence-corrected chi connectivity index (χ1v) is 5.87. The lowest BCUT2D eigenvalue weighted by molar-refractivity contribution is 0.243. The minimum absolute atomic E-state index is 0.0867. The van der Waals surface area contributed by atoms with Gasteiger partial charge in [0, 0.05) is 6.04 Å². The molecule has 0 spiro atoms. The molecule has 1 aromatic rings. The average Bonchev–Trinajstić information content (AvgIpc) is 2.16. The summed E-state index contributed by atoms with van der Waals surface area (Å²) in [6.07, 6.45) is 1.06. The number of hydrogen-bond acceptors (Lipinski definition) is 2. The van der Waals surface area contributed by atoms with Gasteiger partial charge in [0.15, 0.2) is 0 Å². The van der Waals surface area contributed by atoms with Crippen LogP contribution in [0.4, 0.5) is 0 Å². The van der Waals surface area contributed by atoms with E-state index in [1.54, 1.807) is 0 Å². The molecule has 0 unspecified atom stereocenters. The molecule has 2 N–H and O–H groups in total. The molecule has 0 aliphatic rings. The summed E-state index contributed by atoms with van der Waals surface area (Å²) in [5.41, 5.74) is 7.25. The SMILES string of the molecule is C[C@@H](N)c1ccc(OCCC(C)(C)C)cc1. The van der Waals surface area contributed by atoms with Crippen LogP contribution in [0.3, 0.4) is 0 Å². The van der Waals surface area contributed by atoms with E-state index in [-0.39, 0.29) is 6.04 Å². The minimum Gasteiger partial charge on any atom is -0.494 e. The lowest BCUT2D eigenvalue weighted by Crippen LogP contribution is -2.11. The van der Waals surface area contributed by atoms with Crippen LogP contribution in [0.1, 0.15) is 45.7 Å². The second-order valence-electron chi connectivity index (χ2n) is 5.52. The molecule has 0 saturated heterocycles. The first-order valence-electron chi connectivity index (χ1n) is 5.87. The van der Waals surface area contributed by atoms with Crippen molar-refractivity contribution in [1.29, 1.82) is 0 Å². The van der Waals surface area contributed by atoms with Crippen molar-refractivity contribution in [2.75, 3.05) is 6.61 Å². The fourth-order valence-corrected chi connectivity index (χ4v) is 1.34. The maximum Gasteiger partial charge on any atom is 0.119 e. The molecule has 0 radical (unpaired) electrons. The molecule has 0 fully saturated rings. The van der Waals surface area contributed by atoms with E-state index < -0.39 is 0 Å². The highest BCUT2D eigenvalue weighted by Gasteiger charge is 2.09. The van der Waals surface area contributed by atoms with Crippen molar-refractivity contribution >= 4 is 0 Å². The number of rotatable bonds is 4. The highest BCUT2D eigenvalue weighted by atomic mass is 16.5. The molecule has 0 amide bonds. The number of hydrogen-bond donors (Lipinski definition) is 1. The zero-order valence-electron chi connectivity index (χ0n) is 10.8. The van der Waals surface area contributed by atoms with Crippen LogP contribution in [-0.2, 0) is 0 Å². The van der Waals surface area contributed by atoms with Crippen molar-refractivity contribution in [3.05, 3.63) is 29.8 Å². The molecule has 0 aliphatic carbocycles. The van der Waals surface area contributed by atoms with E-state index in [4.69, 9.17) is 10.5 Å². The van der Waals surface area contributed by atoms with Gasteiger partial charge in [-0.15, -0.1) is 0 Å². The fourth-order valence-electron chi connectivity index (χ4n) is 1.34. The van der Waals surface area contributed by atoms with Crippen molar-refractivity contribution in [2.45, 2.75) is 40.2 Å². The Kier molecular flexibility index (Phi) is 4.36. The summed E-state index contributed by atoms with van der Waals surface area (Å²) in [6.45, 7) is 9.40. The Morgan fingerprint density at radius 1 is 1.19 bits per heavy atom. The Bertz CT molecular complexity index is 309. The second-order valence-corrected chi connectivity index (χ2v) is 5.52. The lowest BCUT2D eigenvalue weighted by Gasteiger charge is -2.18. The molecule has 2 nitrogen and oxygen atoms in total. The van der Waals surface area contributed by atoms with Crippen LogP contribution in [0.25, 0.3) is 0 Å². The standard InChI is InChI=1S/C14H23NO/c1-11(15)12-5-7-13(8-6-12)16-10-9-14(2,3)4/h5-8,11H,9-10,15H2,1-4H3/t11-/m1/s1. The van der Waals surface area contributed by atoms with Gasteiger partial charge in [0.2, 0.25) is 0 Å². The predicted octanol–water partition coefficient (Wildman–Crippen LogP) is 3.52. The normalized spacial score (nSPS) is 13.6. The third-order valence-corrected chi connectivity index (χ3v) is 2.53. The van der Waals surface area contributed by atoms with Gasteiger partial charge in [0.1, 0.15) is 5.75 Å². The van der Waals surface area contributed by atoms with Gasteiger partial charge in [-0.2, -0.15) is 0 Å². The topological polar surface area (TPSA) is 35.2 Å². The number of nitrogens with two attached hydrogens (primary N) is 1. The van der Waals surface area contributed by atoms with Gasteiger partial charge in [0.05, 0.1) is 6.61 Å². The molecular formula is C14H23NO. The Morgan fingerprint density at radius 2 is 1.75 bits per heavy atom. The molecule has 16 heavy (non-hydrogen) atoms. The molecule has 0 bridgehead atoms. The summed E-state index contributed by atoms with van der Waals surface area (Å²) in [6, 6.07) is 8.11. The molecule has 2 heteroatoms.